The molecule has 1 aromatic carbocycles. The van der Waals surface area contributed by atoms with E-state index in [2.05, 4.69) is 41.5 Å². The van der Waals surface area contributed by atoms with Crippen LogP contribution < -0.4 is 4.74 Å². The third-order valence-electron chi connectivity index (χ3n) is 3.70. The topological polar surface area (TPSA) is 135 Å². The molecule has 0 bridgehead atoms. The number of carboxylic acids is 1. The molecule has 36 heavy (non-hydrogen) atoms. The monoisotopic (exact) mass is 509 g/mol. The minimum atomic E-state index is -1.11. The molecule has 1 N–H and O–H groups in total. The van der Waals surface area contributed by atoms with Crippen molar-refractivity contribution in [3.8, 4) is 5.75 Å². The summed E-state index contributed by atoms with van der Waals surface area (Å²) in [5.41, 5.74) is 0. The third-order valence-corrected chi connectivity index (χ3v) is 3.70. The first-order chi connectivity index (χ1) is 17.2. The van der Waals surface area contributed by atoms with Crippen molar-refractivity contribution in [3.05, 3.63) is 77.3 Å². The Balaban J connectivity index is -0.000000359. The van der Waals surface area contributed by atoms with Crippen molar-refractivity contribution >= 4 is 5.97 Å². The molecule has 0 saturated heterocycles. The molecule has 0 saturated carbocycles. The average Bonchev–Trinajstić information content (AvgIpc) is 2.81. The number of carboxylic acid groups (broad SMARTS) is 1. The Kier molecular flexibility index (Phi) is 39.9. The number of benzene rings is 1. The van der Waals surface area contributed by atoms with Crippen molar-refractivity contribution in [1.29, 1.82) is 0 Å². The number of carbonyl (C=O) groups is 1. The summed E-state index contributed by atoms with van der Waals surface area (Å²) in [5, 5.41) is 44.0. The Labute approximate surface area is 219 Å². The zero-order valence-electron chi connectivity index (χ0n) is 21.9. The summed E-state index contributed by atoms with van der Waals surface area (Å²) in [5.74, 6) is -1.52. The molecule has 8 nitrogen and oxygen atoms in total. The fourth-order valence-corrected chi connectivity index (χ4v) is 2.41. The molecule has 0 aliphatic carbocycles. The second-order valence-corrected chi connectivity index (χ2v) is 6.77. The maximum absolute atomic E-state index is 10.6. The van der Waals surface area contributed by atoms with Crippen molar-refractivity contribution < 1.29 is 39.8 Å². The molecule has 0 spiro atoms. The van der Waals surface area contributed by atoms with Crippen molar-refractivity contribution in [2.24, 2.45) is 0 Å². The molecule has 0 aliphatic heterocycles. The zero-order valence-corrected chi connectivity index (χ0v) is 21.9. The lowest BCUT2D eigenvalue weighted by atomic mass is 10.1. The van der Waals surface area contributed by atoms with Crippen LogP contribution in [0.15, 0.2) is 42.7 Å². The lowest BCUT2D eigenvalue weighted by Gasteiger charge is -2.29. The first-order valence-corrected chi connectivity index (χ1v) is 11.9. The van der Waals surface area contributed by atoms with E-state index in [0.717, 1.165) is 25.2 Å². The summed E-state index contributed by atoms with van der Waals surface area (Å²) >= 11 is 0. The van der Waals surface area contributed by atoms with Gasteiger partial charge in [-0.05, 0) is 46.2 Å². The summed E-state index contributed by atoms with van der Waals surface area (Å²) in [6.45, 7) is 17.0. The SMILES string of the molecule is [CH2]C(CCCCCCCCC)(OC=CC(=O)O)Oc1ccccc1.[CH2]C[O].[CH2]C[O].[CH2]C[O].[CH2]C[O]. The van der Waals surface area contributed by atoms with Gasteiger partial charge in [-0.25, -0.2) is 25.2 Å². The normalized spacial score (nSPS) is 11.1. The largest absolute Gasteiger partial charge is 0.478 e. The Morgan fingerprint density at radius 3 is 1.67 bits per heavy atom. The predicted molar refractivity (Wildman–Crippen MR) is 139 cm³/mol. The van der Waals surface area contributed by atoms with Gasteiger partial charge in [-0.2, -0.15) is 0 Å². The minimum Gasteiger partial charge on any atom is -0.478 e. The molecule has 1 rings (SSSR count). The first-order valence-electron chi connectivity index (χ1n) is 11.9. The Morgan fingerprint density at radius 1 is 0.833 bits per heavy atom. The lowest BCUT2D eigenvalue weighted by Crippen LogP contribution is -2.34. The van der Waals surface area contributed by atoms with E-state index in [4.69, 9.17) is 35.0 Å². The van der Waals surface area contributed by atoms with Gasteiger partial charge < -0.3 is 14.6 Å². The summed E-state index contributed by atoms with van der Waals surface area (Å²) in [6.07, 6.45) is 10.9. The molecule has 8 heteroatoms. The van der Waals surface area contributed by atoms with E-state index >= 15 is 0 Å². The highest BCUT2D eigenvalue weighted by Gasteiger charge is 2.27. The van der Waals surface area contributed by atoms with Gasteiger partial charge >= 0.3 is 5.97 Å². The fraction of sp³-hybridized carbons (Fsp3) is 0.500. The molecule has 205 valence electrons. The van der Waals surface area contributed by atoms with Crippen LogP contribution in [0.3, 0.4) is 0 Å². The maximum atomic E-state index is 10.6. The summed E-state index contributed by atoms with van der Waals surface area (Å²) in [4.78, 5) is 10.6. The first kappa shape index (κ1) is 41.0. The van der Waals surface area contributed by atoms with Crippen LogP contribution in [0.5, 0.6) is 5.75 Å². The highest BCUT2D eigenvalue weighted by molar-refractivity contribution is 5.79. The van der Waals surface area contributed by atoms with E-state index in [0.29, 0.717) is 12.2 Å². The minimum absolute atomic E-state index is 0.250. The Hall–Kier alpha value is -2.13. The van der Waals surface area contributed by atoms with Gasteiger partial charge in [-0.1, -0.05) is 63.6 Å². The molecule has 1 unspecified atom stereocenters. The van der Waals surface area contributed by atoms with Crippen molar-refractivity contribution in [2.75, 3.05) is 26.4 Å². The molecule has 0 aromatic heterocycles. The molecular formula is C28H45O8. The molecule has 0 heterocycles. The van der Waals surface area contributed by atoms with Crippen molar-refractivity contribution in [2.45, 2.75) is 64.1 Å². The summed E-state index contributed by atoms with van der Waals surface area (Å²) < 4.78 is 11.3. The van der Waals surface area contributed by atoms with Crippen molar-refractivity contribution in [1.82, 2.24) is 0 Å². The van der Waals surface area contributed by atoms with Crippen LogP contribution in [-0.2, 0) is 30.0 Å². The molecular weight excluding hydrogens is 464 g/mol. The van der Waals surface area contributed by atoms with Gasteiger partial charge in [0.1, 0.15) is 5.75 Å². The second kappa shape index (κ2) is 35.0. The van der Waals surface area contributed by atoms with Gasteiger partial charge in [-0.3, -0.25) is 0 Å². The number of hydrogen-bond acceptors (Lipinski definition) is 3. The number of rotatable bonds is 13. The zero-order chi connectivity index (χ0) is 28.5. The highest BCUT2D eigenvalue weighted by atomic mass is 16.7. The van der Waals surface area contributed by atoms with Crippen LogP contribution in [0.25, 0.3) is 0 Å². The van der Waals surface area contributed by atoms with E-state index in [9.17, 15) is 4.79 Å². The van der Waals surface area contributed by atoms with Crippen LogP contribution in [-0.4, -0.2) is 43.3 Å². The third kappa shape index (κ3) is 39.1. The standard InChI is InChI=1S/C20H29O4.4C2H4O/c1-3-4-5-6-7-8-12-16-20(2,23-17-15-19(21)22)24-18-13-10-9-11-14-18;4*1-2-3/h9-11,13-15,17H,2-8,12,16H2,1H3,(H,21,22);4*1-2H2. The van der Waals surface area contributed by atoms with Crippen molar-refractivity contribution in [3.63, 3.8) is 0 Å². The number of para-hydroxylation sites is 1. The van der Waals surface area contributed by atoms with E-state index in [-0.39, 0.29) is 26.4 Å². The maximum Gasteiger partial charge on any atom is 0.331 e. The van der Waals surface area contributed by atoms with E-state index < -0.39 is 11.8 Å². The van der Waals surface area contributed by atoms with Gasteiger partial charge in [0.15, 0.2) is 0 Å². The van der Waals surface area contributed by atoms with Crippen LogP contribution in [0.4, 0.5) is 0 Å². The smallest absolute Gasteiger partial charge is 0.331 e. The quantitative estimate of drug-likeness (QED) is 0.143. The van der Waals surface area contributed by atoms with Gasteiger partial charge in [0.05, 0.1) is 38.8 Å². The van der Waals surface area contributed by atoms with Gasteiger partial charge in [0.25, 0.3) is 5.79 Å². The molecule has 0 aliphatic rings. The summed E-state index contributed by atoms with van der Waals surface area (Å²) in [6, 6.07) is 9.30. The van der Waals surface area contributed by atoms with Gasteiger partial charge in [0.2, 0.25) is 0 Å². The van der Waals surface area contributed by atoms with Gasteiger partial charge in [-0.15, -0.1) is 0 Å². The van der Waals surface area contributed by atoms with Gasteiger partial charge in [0, 0.05) is 13.3 Å². The van der Waals surface area contributed by atoms with E-state index in [1.54, 1.807) is 0 Å². The fourth-order valence-electron chi connectivity index (χ4n) is 2.41. The Morgan fingerprint density at radius 2 is 1.25 bits per heavy atom. The second-order valence-electron chi connectivity index (χ2n) is 6.77. The molecule has 1 aromatic rings. The number of aliphatic carboxylic acids is 1. The number of hydrogen-bond donors (Lipinski definition) is 1. The number of ether oxygens (including phenoxy) is 2. The van der Waals surface area contributed by atoms with Crippen LogP contribution >= 0.6 is 0 Å². The highest BCUT2D eigenvalue weighted by Crippen LogP contribution is 2.25. The van der Waals surface area contributed by atoms with Crippen LogP contribution in [0, 0.1) is 34.6 Å². The van der Waals surface area contributed by atoms with E-state index in [1.807, 2.05) is 30.3 Å². The van der Waals surface area contributed by atoms with E-state index in [1.165, 1.54) is 32.1 Å². The lowest BCUT2D eigenvalue weighted by molar-refractivity contribution is -0.132. The summed E-state index contributed by atoms with van der Waals surface area (Å²) in [7, 11) is 0. The van der Waals surface area contributed by atoms with Crippen LogP contribution in [0.1, 0.15) is 58.3 Å². The average molecular weight is 510 g/mol. The molecule has 0 amide bonds. The molecule has 1 atom stereocenters. The molecule has 9 radical (unpaired) electrons. The Bertz CT molecular complexity index is 544. The predicted octanol–water partition coefficient (Wildman–Crippen LogP) is 6.36. The van der Waals surface area contributed by atoms with Crippen LogP contribution in [0.2, 0.25) is 0 Å². The molecule has 0 fully saturated rings. The number of unbranched alkanes of at least 4 members (excludes halogenated alkanes) is 6.